The number of nitrogen functional groups attached to an aromatic ring is 1. The SMILES string of the molecule is NC(=O)c1cc(Sc2ccc(Br)cn2)ncc1N. The Hall–Kier alpha value is -1.60. The highest BCUT2D eigenvalue weighted by atomic mass is 79.9. The molecule has 2 heterocycles. The highest BCUT2D eigenvalue weighted by Crippen LogP contribution is 2.26. The van der Waals surface area contributed by atoms with Crippen LogP contribution >= 0.6 is 27.7 Å². The number of carbonyl (C=O) groups excluding carboxylic acids is 1. The molecule has 0 aliphatic heterocycles. The maximum Gasteiger partial charge on any atom is 0.250 e. The summed E-state index contributed by atoms with van der Waals surface area (Å²) < 4.78 is 0.898. The second-order valence-electron chi connectivity index (χ2n) is 3.39. The van der Waals surface area contributed by atoms with Crippen LogP contribution in [0.25, 0.3) is 0 Å². The zero-order valence-electron chi connectivity index (χ0n) is 9.13. The standard InChI is InChI=1S/C11H9BrN4OS/c12-6-1-2-9(15-4-6)18-10-3-7(11(14)17)8(13)5-16-10/h1-5H,13H2,(H2,14,17). The van der Waals surface area contributed by atoms with Crippen molar-refractivity contribution >= 4 is 39.3 Å². The molecule has 0 fully saturated rings. The molecular weight excluding hydrogens is 316 g/mol. The number of hydrogen-bond acceptors (Lipinski definition) is 5. The van der Waals surface area contributed by atoms with Crippen LogP contribution in [0.15, 0.2) is 45.1 Å². The third kappa shape index (κ3) is 2.99. The number of anilines is 1. The molecule has 1 amide bonds. The Bertz CT molecular complexity index is 588. The predicted molar refractivity (Wildman–Crippen MR) is 73.2 cm³/mol. The second kappa shape index (κ2) is 5.36. The zero-order chi connectivity index (χ0) is 13.1. The number of amides is 1. The molecule has 4 N–H and O–H groups in total. The molecule has 0 aromatic carbocycles. The molecule has 0 spiro atoms. The summed E-state index contributed by atoms with van der Waals surface area (Å²) in [4.78, 5) is 19.5. The van der Waals surface area contributed by atoms with Crippen molar-refractivity contribution in [3.05, 3.63) is 40.6 Å². The molecule has 92 valence electrons. The number of hydrogen-bond donors (Lipinski definition) is 2. The van der Waals surface area contributed by atoms with Gasteiger partial charge >= 0.3 is 0 Å². The van der Waals surface area contributed by atoms with Gasteiger partial charge < -0.3 is 11.5 Å². The number of nitrogens with two attached hydrogens (primary N) is 2. The van der Waals surface area contributed by atoms with Crippen molar-refractivity contribution in [3.63, 3.8) is 0 Å². The van der Waals surface area contributed by atoms with E-state index in [9.17, 15) is 4.79 Å². The fraction of sp³-hybridized carbons (Fsp3) is 0. The van der Waals surface area contributed by atoms with Gasteiger partial charge in [0.15, 0.2) is 0 Å². The van der Waals surface area contributed by atoms with E-state index in [0.29, 0.717) is 5.03 Å². The molecule has 18 heavy (non-hydrogen) atoms. The summed E-state index contributed by atoms with van der Waals surface area (Å²) in [6, 6.07) is 5.28. The molecule has 0 radical (unpaired) electrons. The van der Waals surface area contributed by atoms with E-state index in [1.165, 1.54) is 18.0 Å². The van der Waals surface area contributed by atoms with Crippen LogP contribution in [0.3, 0.4) is 0 Å². The average Bonchev–Trinajstić information content (AvgIpc) is 2.34. The first-order chi connectivity index (χ1) is 8.56. The predicted octanol–water partition coefficient (Wildman–Crippen LogP) is 2.07. The number of halogens is 1. The van der Waals surface area contributed by atoms with E-state index in [4.69, 9.17) is 11.5 Å². The lowest BCUT2D eigenvalue weighted by Gasteiger charge is -2.04. The molecule has 7 heteroatoms. The van der Waals surface area contributed by atoms with Gasteiger partial charge in [-0.25, -0.2) is 9.97 Å². The molecule has 2 aromatic rings. The zero-order valence-corrected chi connectivity index (χ0v) is 11.5. The van der Waals surface area contributed by atoms with Gasteiger partial charge in [0.25, 0.3) is 5.91 Å². The molecule has 5 nitrogen and oxygen atoms in total. The van der Waals surface area contributed by atoms with Gasteiger partial charge in [0.2, 0.25) is 0 Å². The van der Waals surface area contributed by atoms with E-state index in [1.54, 1.807) is 12.3 Å². The van der Waals surface area contributed by atoms with Crippen molar-refractivity contribution in [2.24, 2.45) is 5.73 Å². The smallest absolute Gasteiger partial charge is 0.250 e. The van der Waals surface area contributed by atoms with Crippen LogP contribution in [0.4, 0.5) is 5.69 Å². The molecular formula is C11H9BrN4OS. The topological polar surface area (TPSA) is 94.9 Å². The van der Waals surface area contributed by atoms with Crippen LogP contribution in [-0.4, -0.2) is 15.9 Å². The highest BCUT2D eigenvalue weighted by molar-refractivity contribution is 9.10. The quantitative estimate of drug-likeness (QED) is 0.901. The van der Waals surface area contributed by atoms with Crippen LogP contribution in [-0.2, 0) is 0 Å². The monoisotopic (exact) mass is 324 g/mol. The Morgan fingerprint density at radius 2 is 1.94 bits per heavy atom. The normalized spacial score (nSPS) is 10.3. The van der Waals surface area contributed by atoms with E-state index in [-0.39, 0.29) is 11.3 Å². The Morgan fingerprint density at radius 1 is 1.22 bits per heavy atom. The van der Waals surface area contributed by atoms with Gasteiger partial charge in [-0.05, 0) is 34.1 Å². The van der Waals surface area contributed by atoms with Crippen molar-refractivity contribution in [2.75, 3.05) is 5.73 Å². The molecule has 0 atom stereocenters. The summed E-state index contributed by atoms with van der Waals surface area (Å²) in [7, 11) is 0. The van der Waals surface area contributed by atoms with E-state index >= 15 is 0 Å². The maximum absolute atomic E-state index is 11.2. The van der Waals surface area contributed by atoms with Crippen molar-refractivity contribution < 1.29 is 4.79 Å². The lowest BCUT2D eigenvalue weighted by molar-refractivity contribution is 0.100. The van der Waals surface area contributed by atoms with E-state index in [2.05, 4.69) is 25.9 Å². The van der Waals surface area contributed by atoms with Crippen LogP contribution in [0.2, 0.25) is 0 Å². The summed E-state index contributed by atoms with van der Waals surface area (Å²) in [5.74, 6) is -0.569. The average molecular weight is 325 g/mol. The molecule has 0 saturated heterocycles. The minimum atomic E-state index is -0.569. The Kier molecular flexibility index (Phi) is 3.83. The molecule has 0 unspecified atom stereocenters. The number of aromatic nitrogens is 2. The molecule has 0 aliphatic carbocycles. The van der Waals surface area contributed by atoms with Gasteiger partial charge in [0.1, 0.15) is 10.1 Å². The van der Waals surface area contributed by atoms with Gasteiger partial charge in [-0.15, -0.1) is 0 Å². The highest BCUT2D eigenvalue weighted by Gasteiger charge is 2.09. The number of carbonyl (C=O) groups is 1. The molecule has 2 aromatic heterocycles. The van der Waals surface area contributed by atoms with Crippen LogP contribution < -0.4 is 11.5 Å². The van der Waals surface area contributed by atoms with Gasteiger partial charge in [-0.3, -0.25) is 4.79 Å². The molecule has 2 rings (SSSR count). The molecule has 0 aliphatic rings. The van der Waals surface area contributed by atoms with Crippen LogP contribution in [0.1, 0.15) is 10.4 Å². The minimum Gasteiger partial charge on any atom is -0.397 e. The molecule has 0 saturated carbocycles. The minimum absolute atomic E-state index is 0.268. The Balaban J connectivity index is 2.27. The van der Waals surface area contributed by atoms with E-state index < -0.39 is 5.91 Å². The summed E-state index contributed by atoms with van der Waals surface area (Å²) >= 11 is 4.64. The van der Waals surface area contributed by atoms with Gasteiger partial charge in [0.05, 0.1) is 17.4 Å². The first-order valence-electron chi connectivity index (χ1n) is 4.91. The lowest BCUT2D eigenvalue weighted by Crippen LogP contribution is -2.13. The van der Waals surface area contributed by atoms with Crippen LogP contribution in [0, 0.1) is 0 Å². The fourth-order valence-electron chi connectivity index (χ4n) is 1.25. The maximum atomic E-state index is 11.2. The van der Waals surface area contributed by atoms with E-state index in [1.807, 2.05) is 12.1 Å². The van der Waals surface area contributed by atoms with Gasteiger partial charge in [0, 0.05) is 10.7 Å². The third-order valence-corrected chi connectivity index (χ3v) is 3.44. The fourth-order valence-corrected chi connectivity index (χ4v) is 2.22. The first-order valence-corrected chi connectivity index (χ1v) is 6.52. The summed E-state index contributed by atoms with van der Waals surface area (Å²) in [6.07, 6.45) is 3.11. The first kappa shape index (κ1) is 12.8. The number of rotatable bonds is 3. The largest absolute Gasteiger partial charge is 0.397 e. The summed E-state index contributed by atoms with van der Waals surface area (Å²) in [5, 5.41) is 1.39. The van der Waals surface area contributed by atoms with Crippen molar-refractivity contribution in [1.82, 2.24) is 9.97 Å². The van der Waals surface area contributed by atoms with E-state index in [0.717, 1.165) is 9.50 Å². The Morgan fingerprint density at radius 3 is 2.56 bits per heavy atom. The number of primary amides is 1. The third-order valence-electron chi connectivity index (χ3n) is 2.08. The lowest BCUT2D eigenvalue weighted by atomic mass is 10.2. The van der Waals surface area contributed by atoms with Crippen molar-refractivity contribution in [1.29, 1.82) is 0 Å². The summed E-state index contributed by atoms with van der Waals surface area (Å²) in [5.41, 5.74) is 11.4. The molecule has 0 bridgehead atoms. The summed E-state index contributed by atoms with van der Waals surface area (Å²) in [6.45, 7) is 0. The van der Waals surface area contributed by atoms with Crippen molar-refractivity contribution in [3.8, 4) is 0 Å². The van der Waals surface area contributed by atoms with Gasteiger partial charge in [-0.1, -0.05) is 11.8 Å². The number of nitrogens with zero attached hydrogens (tertiary/aromatic N) is 2. The van der Waals surface area contributed by atoms with Gasteiger partial charge in [-0.2, -0.15) is 0 Å². The second-order valence-corrected chi connectivity index (χ2v) is 5.35. The van der Waals surface area contributed by atoms with Crippen LogP contribution in [0.5, 0.6) is 0 Å². The van der Waals surface area contributed by atoms with Crippen molar-refractivity contribution in [2.45, 2.75) is 10.1 Å². The number of pyridine rings is 2. The Labute approximate surface area is 116 Å².